The van der Waals surface area contributed by atoms with E-state index in [1.165, 1.54) is 27.9 Å². The predicted molar refractivity (Wildman–Crippen MR) is 209 cm³/mol. The molecule has 0 amide bonds. The summed E-state index contributed by atoms with van der Waals surface area (Å²) in [6.45, 7) is 25.0. The molecule has 266 valence electrons. The van der Waals surface area contributed by atoms with E-state index in [1.54, 1.807) is 6.07 Å². The number of hydrogen-bond acceptors (Lipinski definition) is 3. The van der Waals surface area contributed by atoms with Crippen molar-refractivity contribution in [3.05, 3.63) is 119 Å². The van der Waals surface area contributed by atoms with Crippen molar-refractivity contribution in [2.24, 2.45) is 0 Å². The Labute approximate surface area is 318 Å². The van der Waals surface area contributed by atoms with Crippen LogP contribution in [0.2, 0.25) is 0 Å². The Morgan fingerprint density at radius 1 is 0.784 bits per heavy atom. The smallest absolute Gasteiger partial charge is 0.0904 e. The molecule has 4 nitrogen and oxygen atoms in total. The van der Waals surface area contributed by atoms with Gasteiger partial charge >= 0.3 is 0 Å². The number of fused-ring (bicyclic) bond motifs is 4. The van der Waals surface area contributed by atoms with E-state index in [0.29, 0.717) is 11.8 Å². The molecule has 0 radical (unpaired) electrons. The van der Waals surface area contributed by atoms with E-state index in [1.807, 2.05) is 18.3 Å². The molecule has 0 spiro atoms. The third-order valence-electron chi connectivity index (χ3n) is 11.5. The van der Waals surface area contributed by atoms with E-state index in [0.717, 1.165) is 50.2 Å². The summed E-state index contributed by atoms with van der Waals surface area (Å²) >= 11 is 0. The summed E-state index contributed by atoms with van der Waals surface area (Å²) in [5.41, 5.74) is 12.3. The van der Waals surface area contributed by atoms with E-state index in [9.17, 15) is 5.11 Å². The number of aromatic hydroxyl groups is 1. The average molecular weight is 856 g/mol. The maximum atomic E-state index is 11.4. The SMILES string of the molecule is CC(C)c1cccc(C(C)C)c1-n1cc(-c2cc(C(C)(C)C)cc3cccnc23)nc1-c1[c-]c2c(cc1)C(C)(C)C(C)(C)c1cccc(O)c1-2.[Pt]. The molecule has 1 N–H and O–H groups in total. The molecule has 5 heteroatoms. The fourth-order valence-electron chi connectivity index (χ4n) is 7.82. The number of hydrogen-bond donors (Lipinski definition) is 1. The topological polar surface area (TPSA) is 50.9 Å². The summed E-state index contributed by atoms with van der Waals surface area (Å²) < 4.78 is 2.31. The van der Waals surface area contributed by atoms with Crippen molar-refractivity contribution < 1.29 is 26.2 Å². The van der Waals surface area contributed by atoms with Gasteiger partial charge in [-0.2, -0.15) is 0 Å². The van der Waals surface area contributed by atoms with Crippen molar-refractivity contribution in [2.75, 3.05) is 0 Å². The van der Waals surface area contributed by atoms with Crippen LogP contribution in [-0.2, 0) is 37.3 Å². The van der Waals surface area contributed by atoms with E-state index in [4.69, 9.17) is 9.97 Å². The van der Waals surface area contributed by atoms with Crippen molar-refractivity contribution in [3.63, 3.8) is 0 Å². The summed E-state index contributed by atoms with van der Waals surface area (Å²) in [4.78, 5) is 10.4. The van der Waals surface area contributed by atoms with Crippen LogP contribution in [0.15, 0.2) is 85.2 Å². The molecule has 1 aliphatic carbocycles. The van der Waals surface area contributed by atoms with Gasteiger partial charge in [-0.15, -0.1) is 29.3 Å². The van der Waals surface area contributed by atoms with E-state index in [-0.39, 0.29) is 43.1 Å². The van der Waals surface area contributed by atoms with Crippen LogP contribution in [0.1, 0.15) is 116 Å². The molecular formula is C46H50N3OPt-. The average Bonchev–Trinajstić information content (AvgIpc) is 3.51. The summed E-state index contributed by atoms with van der Waals surface area (Å²) in [5.74, 6) is 1.71. The number of nitrogens with zero attached hydrogens (tertiary/aromatic N) is 3. The van der Waals surface area contributed by atoms with Gasteiger partial charge in [0.1, 0.15) is 0 Å². The van der Waals surface area contributed by atoms with Crippen LogP contribution in [0.25, 0.3) is 50.4 Å². The number of aromatic nitrogens is 3. The second-order valence-corrected chi connectivity index (χ2v) is 16.9. The van der Waals surface area contributed by atoms with E-state index < -0.39 is 0 Å². The third kappa shape index (κ3) is 5.88. The molecule has 0 fully saturated rings. The molecular weight excluding hydrogens is 806 g/mol. The van der Waals surface area contributed by atoms with Crippen LogP contribution in [0.3, 0.4) is 0 Å². The second kappa shape index (κ2) is 12.9. The van der Waals surface area contributed by atoms with Crippen LogP contribution in [0.5, 0.6) is 5.75 Å². The number of imidazole rings is 1. The summed E-state index contributed by atoms with van der Waals surface area (Å²) in [6.07, 6.45) is 4.08. The zero-order valence-corrected chi connectivity index (χ0v) is 34.1. The summed E-state index contributed by atoms with van der Waals surface area (Å²) in [6, 6.07) is 29.6. The number of pyridine rings is 1. The first-order valence-electron chi connectivity index (χ1n) is 18.0. The van der Waals surface area contributed by atoms with Gasteiger partial charge in [0.2, 0.25) is 0 Å². The maximum absolute atomic E-state index is 11.4. The number of phenols is 1. The minimum atomic E-state index is -0.205. The molecule has 4 aromatic carbocycles. The van der Waals surface area contributed by atoms with Crippen LogP contribution in [0.4, 0.5) is 0 Å². The Kier molecular flexibility index (Phi) is 9.29. The minimum Gasteiger partial charge on any atom is -0.515 e. The molecule has 0 saturated heterocycles. The van der Waals surface area contributed by atoms with E-state index >= 15 is 0 Å². The quantitative estimate of drug-likeness (QED) is 0.176. The molecule has 0 aliphatic heterocycles. The van der Waals surface area contributed by atoms with Crippen molar-refractivity contribution in [1.29, 1.82) is 0 Å². The fraction of sp³-hybridized carbons (Fsp3) is 0.348. The minimum absolute atomic E-state index is 0. The van der Waals surface area contributed by atoms with Gasteiger partial charge in [0, 0.05) is 50.1 Å². The van der Waals surface area contributed by atoms with Crippen LogP contribution in [-0.4, -0.2) is 19.6 Å². The fourth-order valence-corrected chi connectivity index (χ4v) is 7.82. The zero-order chi connectivity index (χ0) is 35.9. The molecule has 1 aliphatic rings. The largest absolute Gasteiger partial charge is 0.515 e. The molecule has 0 bridgehead atoms. The first-order valence-corrected chi connectivity index (χ1v) is 18.0. The Balaban J connectivity index is 0.00000448. The van der Waals surface area contributed by atoms with Crippen molar-refractivity contribution in [1.82, 2.24) is 14.5 Å². The van der Waals surface area contributed by atoms with E-state index in [2.05, 4.69) is 148 Å². The van der Waals surface area contributed by atoms with Crippen LogP contribution >= 0.6 is 0 Å². The Morgan fingerprint density at radius 3 is 2.08 bits per heavy atom. The molecule has 2 heterocycles. The number of rotatable bonds is 5. The Morgan fingerprint density at radius 2 is 1.43 bits per heavy atom. The molecule has 6 aromatic rings. The second-order valence-electron chi connectivity index (χ2n) is 16.9. The normalized spacial score (nSPS) is 14.8. The van der Waals surface area contributed by atoms with Gasteiger partial charge in [-0.25, -0.2) is 0 Å². The van der Waals surface area contributed by atoms with Gasteiger partial charge in [0.15, 0.2) is 0 Å². The first kappa shape index (κ1) is 36.8. The Bertz CT molecular complexity index is 2260. The van der Waals surface area contributed by atoms with Crippen LogP contribution in [0, 0.1) is 6.07 Å². The van der Waals surface area contributed by atoms with Crippen molar-refractivity contribution in [3.8, 4) is 45.2 Å². The van der Waals surface area contributed by atoms with Crippen molar-refractivity contribution >= 4 is 10.9 Å². The predicted octanol–water partition coefficient (Wildman–Crippen LogP) is 12.0. The molecule has 0 saturated carbocycles. The summed E-state index contributed by atoms with van der Waals surface area (Å²) in [5, 5.41) is 12.5. The molecule has 51 heavy (non-hydrogen) atoms. The number of phenolic OH excluding ortho intramolecular Hbond substituents is 1. The van der Waals surface area contributed by atoms with Gasteiger partial charge in [-0.05, 0) is 74.6 Å². The first-order chi connectivity index (χ1) is 23.5. The molecule has 2 aromatic heterocycles. The zero-order valence-electron chi connectivity index (χ0n) is 31.8. The van der Waals surface area contributed by atoms with Crippen molar-refractivity contribution in [2.45, 2.75) is 104 Å². The van der Waals surface area contributed by atoms with Gasteiger partial charge in [-0.3, -0.25) is 9.97 Å². The molecule has 0 unspecified atom stereocenters. The molecule has 7 rings (SSSR count). The third-order valence-corrected chi connectivity index (χ3v) is 11.5. The number of para-hydroxylation sites is 1. The summed E-state index contributed by atoms with van der Waals surface area (Å²) in [7, 11) is 0. The van der Waals surface area contributed by atoms with Gasteiger partial charge in [-0.1, -0.05) is 124 Å². The standard InChI is InChI=1S/C46H50N3O.Pt/c1-27(2)32-16-12-17-33(28(3)4)42(32)49-26-38(35-25-31(44(5,6)7)23-29-15-14-22-47-41(29)35)48-43(49)30-20-21-36-34(24-30)40-37(18-13-19-39(40)50)46(10,11)45(36,8)9;/h12-23,25-28,50H,1-11H3;/q-1;. The maximum Gasteiger partial charge on any atom is 0.0904 e. The monoisotopic (exact) mass is 855 g/mol. The van der Waals surface area contributed by atoms with Gasteiger partial charge in [0.05, 0.1) is 22.8 Å². The van der Waals surface area contributed by atoms with Crippen LogP contribution < -0.4 is 0 Å². The molecule has 0 atom stereocenters. The van der Waals surface area contributed by atoms with Gasteiger partial charge in [0.25, 0.3) is 0 Å². The van der Waals surface area contributed by atoms with Gasteiger partial charge < -0.3 is 9.67 Å². The number of benzene rings is 4. The Hall–Kier alpha value is -4.01.